The molecule has 0 aliphatic carbocycles. The zero-order valence-corrected chi connectivity index (χ0v) is 23.4. The minimum Gasteiger partial charge on any atom is -0.508 e. The first-order chi connectivity index (χ1) is 19.6. The topological polar surface area (TPSA) is 195 Å². The van der Waals surface area contributed by atoms with E-state index in [1.807, 2.05) is 0 Å². The van der Waals surface area contributed by atoms with Crippen LogP contribution in [0.3, 0.4) is 0 Å². The Labute approximate surface area is 245 Å². The van der Waals surface area contributed by atoms with E-state index in [4.69, 9.17) is 12.2 Å². The van der Waals surface area contributed by atoms with Gasteiger partial charge in [0.15, 0.2) is 5.54 Å². The number of carboxylic acids is 1. The lowest BCUT2D eigenvalue weighted by atomic mass is 9.87. The van der Waals surface area contributed by atoms with Crippen molar-refractivity contribution in [1.29, 1.82) is 0 Å². The molecule has 13 nitrogen and oxygen atoms in total. The number of carboxylic acid groups (broad SMARTS) is 1. The Morgan fingerprint density at radius 1 is 1.20 bits per heavy atom. The molecule has 5 N–H and O–H groups in total. The van der Waals surface area contributed by atoms with Crippen molar-refractivity contribution in [2.24, 2.45) is 0 Å². The number of carbonyl (C=O) groups is 4. The van der Waals surface area contributed by atoms with E-state index in [9.17, 15) is 34.5 Å². The average Bonchev–Trinajstić information content (AvgIpc) is 3.40. The number of β-lactam (4-membered cyclic amide) rings is 1. The van der Waals surface area contributed by atoms with Crippen molar-refractivity contribution in [3.05, 3.63) is 69.6 Å². The third kappa shape index (κ3) is 4.89. The van der Waals surface area contributed by atoms with E-state index in [1.165, 1.54) is 59.6 Å². The molecule has 210 valence electrons. The highest BCUT2D eigenvalue weighted by Gasteiger charge is 2.65. The SMILES string of the molecule is Cc1nnc(C2=C(C(=O)O)N3C(=O)C(C=S)(NC(=O)C(NC(=O)c4cnccc4O)c4ccc(O)cc4)[C@@H]3SC2)s1. The quantitative estimate of drug-likeness (QED) is 0.181. The first kappa shape index (κ1) is 28.1. The summed E-state index contributed by atoms with van der Waals surface area (Å²) in [6.45, 7) is 1.72. The van der Waals surface area contributed by atoms with Gasteiger partial charge >= 0.3 is 5.97 Å². The lowest BCUT2D eigenvalue weighted by molar-refractivity contribution is -0.154. The predicted molar refractivity (Wildman–Crippen MR) is 151 cm³/mol. The summed E-state index contributed by atoms with van der Waals surface area (Å²) in [5.41, 5.74) is -1.66. The van der Waals surface area contributed by atoms with E-state index in [2.05, 4.69) is 25.8 Å². The maximum atomic E-state index is 13.7. The number of aromatic hydroxyl groups is 2. The number of aliphatic carboxylic acids is 1. The number of fused-ring (bicyclic) bond motifs is 1. The van der Waals surface area contributed by atoms with Crippen LogP contribution in [0, 0.1) is 6.92 Å². The van der Waals surface area contributed by atoms with Gasteiger partial charge in [-0.25, -0.2) is 4.79 Å². The molecule has 2 aliphatic rings. The maximum Gasteiger partial charge on any atom is 0.353 e. The molecule has 2 aliphatic heterocycles. The first-order valence-corrected chi connectivity index (χ1v) is 14.1. The summed E-state index contributed by atoms with van der Waals surface area (Å²) in [5, 5.41) is 44.1. The second kappa shape index (κ2) is 10.9. The van der Waals surface area contributed by atoms with Crippen molar-refractivity contribution < 1.29 is 34.5 Å². The highest BCUT2D eigenvalue weighted by molar-refractivity contribution is 8.00. The Bertz CT molecular complexity index is 1630. The number of aryl methyl sites for hydroxylation is 1. The third-order valence-electron chi connectivity index (χ3n) is 6.42. The van der Waals surface area contributed by atoms with Crippen LogP contribution in [0.25, 0.3) is 5.57 Å². The zero-order valence-electron chi connectivity index (χ0n) is 21.0. The Kier molecular flexibility index (Phi) is 7.46. The number of pyridine rings is 1. The summed E-state index contributed by atoms with van der Waals surface area (Å²) < 4.78 is 0. The molecule has 3 amide bonds. The molecule has 3 atom stereocenters. The van der Waals surface area contributed by atoms with Gasteiger partial charge in [-0.15, -0.1) is 22.0 Å². The average molecular weight is 613 g/mol. The normalized spacial score (nSPS) is 20.5. The van der Waals surface area contributed by atoms with Crippen LogP contribution in [0.4, 0.5) is 0 Å². The number of rotatable bonds is 8. The number of thioether (sulfide) groups is 1. The molecular formula is C25H20N6O7S3. The number of amides is 3. The first-order valence-electron chi connectivity index (χ1n) is 11.8. The van der Waals surface area contributed by atoms with Crippen LogP contribution in [0.15, 0.2) is 48.4 Å². The number of carbonyl (C=O) groups excluding carboxylic acids is 3. The van der Waals surface area contributed by atoms with Gasteiger partial charge in [0.2, 0.25) is 5.91 Å². The molecule has 0 bridgehead atoms. The summed E-state index contributed by atoms with van der Waals surface area (Å²) in [6.07, 6.45) is 2.41. The third-order valence-corrected chi connectivity index (χ3v) is 9.04. The monoisotopic (exact) mass is 612 g/mol. The number of thiocarbonyl (C=S) groups is 1. The fourth-order valence-electron chi connectivity index (χ4n) is 4.43. The van der Waals surface area contributed by atoms with Crippen molar-refractivity contribution in [2.75, 3.05) is 5.75 Å². The molecule has 0 spiro atoms. The summed E-state index contributed by atoms with van der Waals surface area (Å²) in [6, 6.07) is 5.23. The molecule has 2 unspecified atom stereocenters. The molecular weight excluding hydrogens is 593 g/mol. The standard InChI is InChI=1S/C25H20N6O7S3/c1-11-29-30-21(41-11)15-9-40-24-25(10-39,23(38)31(24)18(15)22(36)37)28-20(35)17(12-2-4-13(32)5-3-12)27-19(34)14-8-26-7-6-16(14)33/h2-8,10,17,24,32H,9H2,1H3,(H,26,33)(H,27,34)(H,28,35)(H,36,37)/t17?,24-,25?/m0/s1. The van der Waals surface area contributed by atoms with Gasteiger partial charge < -0.3 is 26.0 Å². The fourth-order valence-corrected chi connectivity index (χ4v) is 7.07. The van der Waals surface area contributed by atoms with Gasteiger partial charge in [-0.3, -0.25) is 24.3 Å². The molecule has 1 saturated heterocycles. The highest BCUT2D eigenvalue weighted by atomic mass is 32.2. The van der Waals surface area contributed by atoms with Gasteiger partial charge in [0.05, 0.1) is 5.56 Å². The fraction of sp³-hybridized carbons (Fsp3) is 0.200. The number of nitrogens with one attached hydrogen (secondary N) is 2. The van der Waals surface area contributed by atoms with Crippen molar-refractivity contribution in [3.63, 3.8) is 0 Å². The Morgan fingerprint density at radius 2 is 1.93 bits per heavy atom. The molecule has 0 saturated carbocycles. The minimum atomic E-state index is -1.77. The molecule has 16 heteroatoms. The van der Waals surface area contributed by atoms with Gasteiger partial charge in [0.25, 0.3) is 11.8 Å². The molecule has 4 heterocycles. The number of hydrogen-bond acceptors (Lipinski definition) is 12. The van der Waals surface area contributed by atoms with Crippen molar-refractivity contribution in [2.45, 2.75) is 23.9 Å². The van der Waals surface area contributed by atoms with E-state index in [0.29, 0.717) is 15.6 Å². The molecule has 1 fully saturated rings. The van der Waals surface area contributed by atoms with Gasteiger partial charge in [-0.2, -0.15) is 0 Å². The maximum absolute atomic E-state index is 13.7. The van der Waals surface area contributed by atoms with Crippen LogP contribution in [0.5, 0.6) is 11.5 Å². The molecule has 3 aromatic rings. The molecule has 1 aromatic carbocycles. The molecule has 41 heavy (non-hydrogen) atoms. The summed E-state index contributed by atoms with van der Waals surface area (Å²) in [5.74, 6) is -4.08. The van der Waals surface area contributed by atoms with E-state index in [1.54, 1.807) is 6.92 Å². The second-order valence-electron chi connectivity index (χ2n) is 8.96. The number of hydrogen-bond donors (Lipinski definition) is 5. The molecule has 0 radical (unpaired) electrons. The van der Waals surface area contributed by atoms with E-state index in [0.717, 1.165) is 16.5 Å². The Morgan fingerprint density at radius 3 is 2.54 bits per heavy atom. The van der Waals surface area contributed by atoms with Crippen molar-refractivity contribution in [3.8, 4) is 11.5 Å². The second-order valence-corrected chi connectivity index (χ2v) is 11.4. The Hall–Kier alpha value is -4.41. The number of nitrogens with zero attached hydrogens (tertiary/aromatic N) is 4. The smallest absolute Gasteiger partial charge is 0.353 e. The number of aromatic nitrogens is 3. The Balaban J connectivity index is 1.46. The molecule has 2 aromatic heterocycles. The van der Waals surface area contributed by atoms with Crippen LogP contribution in [0.1, 0.15) is 32.0 Å². The zero-order chi connectivity index (χ0) is 29.5. The van der Waals surface area contributed by atoms with E-state index >= 15 is 0 Å². The van der Waals surface area contributed by atoms with Gasteiger partial charge in [0.1, 0.15) is 38.6 Å². The molecule has 5 rings (SSSR count). The van der Waals surface area contributed by atoms with E-state index < -0.39 is 40.6 Å². The lowest BCUT2D eigenvalue weighted by Gasteiger charge is -2.55. The van der Waals surface area contributed by atoms with E-state index in [-0.39, 0.29) is 34.1 Å². The highest BCUT2D eigenvalue weighted by Crippen LogP contribution is 2.48. The van der Waals surface area contributed by atoms with Crippen molar-refractivity contribution in [1.82, 2.24) is 30.7 Å². The number of phenols is 1. The van der Waals surface area contributed by atoms with Gasteiger partial charge in [-0.05, 0) is 30.7 Å². The van der Waals surface area contributed by atoms with Crippen LogP contribution in [0.2, 0.25) is 0 Å². The summed E-state index contributed by atoms with van der Waals surface area (Å²) in [4.78, 5) is 57.5. The van der Waals surface area contributed by atoms with Gasteiger partial charge in [-0.1, -0.05) is 35.7 Å². The van der Waals surface area contributed by atoms with Crippen LogP contribution in [-0.2, 0) is 14.4 Å². The minimum absolute atomic E-state index is 0.0858. The van der Waals surface area contributed by atoms with Gasteiger partial charge in [0, 0.05) is 29.1 Å². The lowest BCUT2D eigenvalue weighted by Crippen LogP contribution is -2.80. The largest absolute Gasteiger partial charge is 0.508 e. The number of benzene rings is 1. The van der Waals surface area contributed by atoms with Crippen LogP contribution >= 0.6 is 35.3 Å². The van der Waals surface area contributed by atoms with Crippen molar-refractivity contribution >= 4 is 69.9 Å². The summed E-state index contributed by atoms with van der Waals surface area (Å²) >= 11 is 7.58. The van der Waals surface area contributed by atoms with Crippen LogP contribution < -0.4 is 10.6 Å². The predicted octanol–water partition coefficient (Wildman–Crippen LogP) is 1.39. The van der Waals surface area contributed by atoms with Crippen LogP contribution in [-0.4, -0.2) is 81.1 Å². The summed E-state index contributed by atoms with van der Waals surface area (Å²) in [7, 11) is 0. The number of phenolic OH excluding ortho intramolecular Hbond substituents is 1.